The number of amides is 1. The van der Waals surface area contributed by atoms with E-state index >= 15 is 0 Å². The molecule has 2 rings (SSSR count). The molecule has 0 fully saturated rings. The van der Waals surface area contributed by atoms with Crippen molar-refractivity contribution < 1.29 is 14.3 Å². The van der Waals surface area contributed by atoms with E-state index in [0.717, 1.165) is 10.0 Å². The van der Waals surface area contributed by atoms with Crippen molar-refractivity contribution in [2.75, 3.05) is 7.11 Å². The lowest BCUT2D eigenvalue weighted by Crippen LogP contribution is -2.30. The van der Waals surface area contributed by atoms with E-state index in [1.54, 1.807) is 18.2 Å². The summed E-state index contributed by atoms with van der Waals surface area (Å²) in [6, 6.07) is 15.2. The van der Waals surface area contributed by atoms with Crippen LogP contribution in [0.1, 0.15) is 33.9 Å². The number of nitriles is 1. The van der Waals surface area contributed by atoms with E-state index in [1.807, 2.05) is 30.3 Å². The van der Waals surface area contributed by atoms with Crippen LogP contribution in [0.25, 0.3) is 0 Å². The van der Waals surface area contributed by atoms with Gasteiger partial charge in [0, 0.05) is 10.0 Å². The number of ether oxygens (including phenoxy) is 1. The predicted molar refractivity (Wildman–Crippen MR) is 92.1 cm³/mol. The molecule has 1 atom stereocenters. The molecule has 2 aromatic carbocycles. The second-order valence-corrected chi connectivity index (χ2v) is 5.97. The van der Waals surface area contributed by atoms with Crippen LogP contribution in [-0.4, -0.2) is 19.0 Å². The molecular formula is C18H15BrN2O3. The third-order valence-corrected chi connectivity index (χ3v) is 3.96. The Kier molecular flexibility index (Phi) is 6.10. The van der Waals surface area contributed by atoms with Gasteiger partial charge >= 0.3 is 5.97 Å². The highest BCUT2D eigenvalue weighted by atomic mass is 79.9. The lowest BCUT2D eigenvalue weighted by molar-refractivity contribution is -0.141. The lowest BCUT2D eigenvalue weighted by atomic mass is 10.0. The summed E-state index contributed by atoms with van der Waals surface area (Å²) in [4.78, 5) is 24.1. The summed E-state index contributed by atoms with van der Waals surface area (Å²) in [6.45, 7) is 0. The smallest absolute Gasteiger partial charge is 0.307 e. The molecule has 2 aromatic rings. The number of nitrogens with zero attached hydrogens (tertiary/aromatic N) is 1. The molecule has 0 bridgehead atoms. The number of carbonyl (C=O) groups is 2. The zero-order chi connectivity index (χ0) is 17.5. The Balaban J connectivity index is 2.23. The Bertz CT molecular complexity index is 782. The number of nitrogens with one attached hydrogen (secondary N) is 1. The van der Waals surface area contributed by atoms with Crippen LogP contribution < -0.4 is 5.32 Å². The van der Waals surface area contributed by atoms with Crippen molar-refractivity contribution in [1.82, 2.24) is 5.32 Å². The molecule has 122 valence electrons. The Morgan fingerprint density at radius 2 is 1.96 bits per heavy atom. The molecule has 0 heterocycles. The largest absolute Gasteiger partial charge is 0.469 e. The molecule has 0 spiro atoms. The molecule has 1 amide bonds. The van der Waals surface area contributed by atoms with Gasteiger partial charge in [-0.2, -0.15) is 5.26 Å². The minimum Gasteiger partial charge on any atom is -0.469 e. The molecule has 1 unspecified atom stereocenters. The topological polar surface area (TPSA) is 79.2 Å². The normalized spacial score (nSPS) is 11.2. The molecule has 0 aromatic heterocycles. The minimum absolute atomic E-state index is 0.0157. The van der Waals surface area contributed by atoms with Crippen molar-refractivity contribution in [3.8, 4) is 6.07 Å². The summed E-state index contributed by atoms with van der Waals surface area (Å²) >= 11 is 3.35. The molecule has 6 heteroatoms. The van der Waals surface area contributed by atoms with Gasteiger partial charge < -0.3 is 10.1 Å². The van der Waals surface area contributed by atoms with E-state index in [4.69, 9.17) is 10.00 Å². The van der Waals surface area contributed by atoms with Crippen LogP contribution in [-0.2, 0) is 9.53 Å². The predicted octanol–water partition coefficient (Wildman–Crippen LogP) is 3.35. The highest BCUT2D eigenvalue weighted by Crippen LogP contribution is 2.21. The van der Waals surface area contributed by atoms with Gasteiger partial charge in [0.05, 0.1) is 31.2 Å². The fourth-order valence-electron chi connectivity index (χ4n) is 2.17. The number of methoxy groups -OCH3 is 1. The molecule has 1 N–H and O–H groups in total. The van der Waals surface area contributed by atoms with E-state index in [2.05, 4.69) is 21.2 Å². The van der Waals surface area contributed by atoms with Crippen LogP contribution in [0.2, 0.25) is 0 Å². The Morgan fingerprint density at radius 3 is 2.58 bits per heavy atom. The number of halogens is 1. The molecule has 0 aliphatic carbocycles. The van der Waals surface area contributed by atoms with Gasteiger partial charge in [0.15, 0.2) is 0 Å². The second kappa shape index (κ2) is 8.27. The average molecular weight is 387 g/mol. The maximum atomic E-state index is 12.5. The van der Waals surface area contributed by atoms with Crippen molar-refractivity contribution in [1.29, 1.82) is 5.26 Å². The molecule has 0 radical (unpaired) electrons. The van der Waals surface area contributed by atoms with E-state index in [-0.39, 0.29) is 12.3 Å². The number of benzene rings is 2. The summed E-state index contributed by atoms with van der Waals surface area (Å²) in [5, 5.41) is 11.8. The van der Waals surface area contributed by atoms with Crippen LogP contribution in [0.15, 0.2) is 53.0 Å². The third-order valence-electron chi connectivity index (χ3n) is 3.43. The molecular weight excluding hydrogens is 372 g/mol. The Labute approximate surface area is 148 Å². The highest BCUT2D eigenvalue weighted by Gasteiger charge is 2.20. The first kappa shape index (κ1) is 17.7. The summed E-state index contributed by atoms with van der Waals surface area (Å²) < 4.78 is 5.61. The summed E-state index contributed by atoms with van der Waals surface area (Å²) in [5.74, 6) is -0.780. The van der Waals surface area contributed by atoms with Gasteiger partial charge in [0.2, 0.25) is 0 Å². The van der Waals surface area contributed by atoms with Crippen LogP contribution in [0, 0.1) is 11.3 Å². The molecule has 0 aliphatic rings. The van der Waals surface area contributed by atoms with Crippen molar-refractivity contribution in [2.24, 2.45) is 0 Å². The monoisotopic (exact) mass is 386 g/mol. The van der Waals surface area contributed by atoms with Crippen molar-refractivity contribution in [2.45, 2.75) is 12.5 Å². The SMILES string of the molecule is COC(=O)CC(NC(=O)c1cccc(C#N)c1)c1ccc(Br)cc1. The van der Waals surface area contributed by atoms with Gasteiger partial charge in [-0.1, -0.05) is 34.1 Å². The quantitative estimate of drug-likeness (QED) is 0.798. The van der Waals surface area contributed by atoms with Crippen molar-refractivity contribution >= 4 is 27.8 Å². The zero-order valence-corrected chi connectivity index (χ0v) is 14.5. The third kappa shape index (κ3) is 4.67. The second-order valence-electron chi connectivity index (χ2n) is 5.05. The van der Waals surface area contributed by atoms with Gasteiger partial charge in [0.25, 0.3) is 5.91 Å². The summed E-state index contributed by atoms with van der Waals surface area (Å²) in [7, 11) is 1.30. The van der Waals surface area contributed by atoms with E-state index < -0.39 is 12.0 Å². The van der Waals surface area contributed by atoms with E-state index in [9.17, 15) is 9.59 Å². The van der Waals surface area contributed by atoms with E-state index in [0.29, 0.717) is 11.1 Å². The fourth-order valence-corrected chi connectivity index (χ4v) is 2.43. The summed E-state index contributed by atoms with van der Waals surface area (Å²) in [5.41, 5.74) is 1.55. The lowest BCUT2D eigenvalue weighted by Gasteiger charge is -2.18. The first-order valence-corrected chi connectivity index (χ1v) is 7.96. The zero-order valence-electron chi connectivity index (χ0n) is 13.0. The number of hydrogen-bond donors (Lipinski definition) is 1. The Hall–Kier alpha value is -2.65. The van der Waals surface area contributed by atoms with Gasteiger partial charge in [-0.05, 0) is 35.9 Å². The first-order chi connectivity index (χ1) is 11.5. The molecule has 5 nitrogen and oxygen atoms in total. The van der Waals surface area contributed by atoms with Gasteiger partial charge in [-0.3, -0.25) is 9.59 Å². The number of carbonyl (C=O) groups excluding carboxylic acids is 2. The molecule has 0 aliphatic heterocycles. The number of rotatable bonds is 5. The van der Waals surface area contributed by atoms with E-state index in [1.165, 1.54) is 13.2 Å². The number of hydrogen-bond acceptors (Lipinski definition) is 4. The number of esters is 1. The first-order valence-electron chi connectivity index (χ1n) is 7.17. The van der Waals surface area contributed by atoms with Gasteiger partial charge in [0.1, 0.15) is 0 Å². The maximum absolute atomic E-state index is 12.5. The van der Waals surface area contributed by atoms with Crippen molar-refractivity contribution in [3.05, 3.63) is 69.7 Å². The molecule has 0 saturated carbocycles. The van der Waals surface area contributed by atoms with Gasteiger partial charge in [-0.25, -0.2) is 0 Å². The highest BCUT2D eigenvalue weighted by molar-refractivity contribution is 9.10. The van der Waals surface area contributed by atoms with Crippen molar-refractivity contribution in [3.63, 3.8) is 0 Å². The maximum Gasteiger partial charge on any atom is 0.307 e. The standard InChI is InChI=1S/C18H15BrN2O3/c1-24-17(22)10-16(13-5-7-15(19)8-6-13)21-18(23)14-4-2-3-12(9-14)11-20/h2-9,16H,10H2,1H3,(H,21,23). The van der Waals surface area contributed by atoms with Gasteiger partial charge in [-0.15, -0.1) is 0 Å². The van der Waals surface area contributed by atoms with Crippen LogP contribution in [0.5, 0.6) is 0 Å². The van der Waals surface area contributed by atoms with Crippen LogP contribution in [0.3, 0.4) is 0 Å². The molecule has 24 heavy (non-hydrogen) atoms. The van der Waals surface area contributed by atoms with Crippen LogP contribution in [0.4, 0.5) is 0 Å². The average Bonchev–Trinajstić information content (AvgIpc) is 2.61. The Morgan fingerprint density at radius 1 is 1.25 bits per heavy atom. The van der Waals surface area contributed by atoms with Crippen LogP contribution >= 0.6 is 15.9 Å². The fraction of sp³-hybridized carbons (Fsp3) is 0.167. The molecule has 0 saturated heterocycles. The minimum atomic E-state index is -0.524. The summed E-state index contributed by atoms with van der Waals surface area (Å²) in [6.07, 6.45) is 0.0157.